The number of unbranched alkanes of at least 4 members (excludes halogenated alkanes) is 6. The standard InChI is InChI=1S/3C8H18O.H3O4P/c3*1-8(2)6-4-3-5-7-9;1-5(2,3)4/h3*8-9H,3-7H2,1-2H3;(H3,1,2,3,4). The summed E-state index contributed by atoms with van der Waals surface area (Å²) in [6.45, 7) is 14.5. The summed E-state index contributed by atoms with van der Waals surface area (Å²) in [6.07, 6.45) is 14.2. The molecule has 0 spiro atoms. The van der Waals surface area contributed by atoms with Crippen molar-refractivity contribution in [3.63, 3.8) is 0 Å². The SMILES string of the molecule is CC(C)CCCCCO.CC(C)CCCCCO.CC(C)CCCCCO.O=P(O)(O)O. The van der Waals surface area contributed by atoms with Crippen molar-refractivity contribution in [1.29, 1.82) is 0 Å². The lowest BCUT2D eigenvalue weighted by Crippen LogP contribution is -1.88. The number of aliphatic hydroxyl groups is 3. The van der Waals surface area contributed by atoms with Gasteiger partial charge in [-0.15, -0.1) is 0 Å². The van der Waals surface area contributed by atoms with E-state index < -0.39 is 7.82 Å². The molecule has 0 atom stereocenters. The van der Waals surface area contributed by atoms with Crippen LogP contribution < -0.4 is 0 Å². The number of hydrogen-bond acceptors (Lipinski definition) is 4. The van der Waals surface area contributed by atoms with Crippen molar-refractivity contribution in [2.45, 2.75) is 119 Å². The van der Waals surface area contributed by atoms with Gasteiger partial charge in [0.1, 0.15) is 0 Å². The molecule has 0 bridgehead atoms. The van der Waals surface area contributed by atoms with Crippen LogP contribution >= 0.6 is 7.82 Å². The Kier molecular flexibility index (Phi) is 38.0. The van der Waals surface area contributed by atoms with Crippen LogP contribution in [0.4, 0.5) is 0 Å². The zero-order valence-electron chi connectivity index (χ0n) is 21.9. The minimum atomic E-state index is -4.64. The molecule has 200 valence electrons. The highest BCUT2D eigenvalue weighted by molar-refractivity contribution is 7.45. The fourth-order valence-electron chi connectivity index (χ4n) is 2.52. The largest absolute Gasteiger partial charge is 0.466 e. The Labute approximate surface area is 198 Å². The van der Waals surface area contributed by atoms with Crippen LogP contribution in [0.2, 0.25) is 0 Å². The molecule has 0 aliphatic heterocycles. The maximum atomic E-state index is 8.88. The number of rotatable bonds is 15. The smallest absolute Gasteiger partial charge is 0.396 e. The molecule has 0 rings (SSSR count). The molecule has 0 saturated carbocycles. The van der Waals surface area contributed by atoms with Crippen molar-refractivity contribution >= 4 is 7.82 Å². The summed E-state index contributed by atoms with van der Waals surface area (Å²) in [5.74, 6) is 2.47. The Hall–Kier alpha value is -0.0100. The monoisotopic (exact) mass is 488 g/mol. The molecule has 0 aromatic heterocycles. The molecule has 32 heavy (non-hydrogen) atoms. The van der Waals surface area contributed by atoms with Gasteiger partial charge in [0.25, 0.3) is 0 Å². The fraction of sp³-hybridized carbons (Fsp3) is 1.00. The zero-order chi connectivity index (χ0) is 25.8. The van der Waals surface area contributed by atoms with Crippen LogP contribution in [0.1, 0.15) is 119 Å². The van der Waals surface area contributed by atoms with Gasteiger partial charge in [-0.2, -0.15) is 0 Å². The second kappa shape index (κ2) is 31.0. The topological polar surface area (TPSA) is 138 Å². The summed E-state index contributed by atoms with van der Waals surface area (Å²) in [5, 5.41) is 25.3. The van der Waals surface area contributed by atoms with Crippen molar-refractivity contribution in [2.24, 2.45) is 17.8 Å². The molecule has 0 radical (unpaired) electrons. The van der Waals surface area contributed by atoms with Crippen molar-refractivity contribution < 1.29 is 34.6 Å². The molecular weight excluding hydrogens is 431 g/mol. The molecule has 7 nitrogen and oxygen atoms in total. The van der Waals surface area contributed by atoms with Crippen molar-refractivity contribution in [3.05, 3.63) is 0 Å². The minimum Gasteiger partial charge on any atom is -0.396 e. The van der Waals surface area contributed by atoms with Crippen molar-refractivity contribution in [3.8, 4) is 0 Å². The highest BCUT2D eigenvalue weighted by Gasteiger charge is 2.00. The van der Waals surface area contributed by atoms with Gasteiger partial charge in [-0.1, -0.05) is 99.3 Å². The molecule has 8 heteroatoms. The molecule has 0 amide bonds. The van der Waals surface area contributed by atoms with Gasteiger partial charge in [0, 0.05) is 19.8 Å². The van der Waals surface area contributed by atoms with Gasteiger partial charge < -0.3 is 30.0 Å². The van der Waals surface area contributed by atoms with E-state index in [1.165, 1.54) is 57.8 Å². The predicted octanol–water partition coefficient (Wildman–Crippen LogP) is 5.66. The second-order valence-corrected chi connectivity index (χ2v) is 10.4. The lowest BCUT2D eigenvalue weighted by molar-refractivity contribution is 0.275. The van der Waals surface area contributed by atoms with Crippen LogP contribution in [0.25, 0.3) is 0 Å². The molecular formula is C24H57O7P. The third-order valence-corrected chi connectivity index (χ3v) is 4.32. The molecule has 0 aliphatic carbocycles. The van der Waals surface area contributed by atoms with Gasteiger partial charge in [0.2, 0.25) is 0 Å². The first-order chi connectivity index (χ1) is 14.8. The lowest BCUT2D eigenvalue weighted by Gasteiger charge is -2.01. The fourth-order valence-corrected chi connectivity index (χ4v) is 2.52. The quantitative estimate of drug-likeness (QED) is 0.129. The predicted molar refractivity (Wildman–Crippen MR) is 135 cm³/mol. The number of phosphoric acid groups is 1. The minimum absolute atomic E-state index is 0.359. The summed E-state index contributed by atoms with van der Waals surface area (Å²) >= 11 is 0. The number of aliphatic hydroxyl groups excluding tert-OH is 3. The highest BCUT2D eigenvalue weighted by Crippen LogP contribution is 2.25. The van der Waals surface area contributed by atoms with E-state index in [0.29, 0.717) is 19.8 Å². The van der Waals surface area contributed by atoms with Gasteiger partial charge in [-0.25, -0.2) is 4.57 Å². The van der Waals surface area contributed by atoms with Gasteiger partial charge in [0.15, 0.2) is 0 Å². The van der Waals surface area contributed by atoms with E-state index in [1.54, 1.807) is 0 Å². The Balaban J connectivity index is -0.000000167. The van der Waals surface area contributed by atoms with E-state index in [4.69, 9.17) is 34.6 Å². The molecule has 0 aromatic carbocycles. The first-order valence-corrected chi connectivity index (χ1v) is 14.0. The second-order valence-electron chi connectivity index (χ2n) is 9.41. The molecule has 0 aromatic rings. The van der Waals surface area contributed by atoms with E-state index in [9.17, 15) is 0 Å². The van der Waals surface area contributed by atoms with Crippen LogP contribution in [0.15, 0.2) is 0 Å². The third kappa shape index (κ3) is 77.9. The van der Waals surface area contributed by atoms with Gasteiger partial charge in [-0.3, -0.25) is 0 Å². The normalized spacial score (nSPS) is 10.8. The molecule has 0 saturated heterocycles. The van der Waals surface area contributed by atoms with Crippen LogP contribution in [0.3, 0.4) is 0 Å². The van der Waals surface area contributed by atoms with Crippen molar-refractivity contribution in [1.82, 2.24) is 0 Å². The first-order valence-electron chi connectivity index (χ1n) is 12.4. The summed E-state index contributed by atoms with van der Waals surface area (Å²) in [6, 6.07) is 0. The Morgan fingerprint density at radius 2 is 0.656 bits per heavy atom. The van der Waals surface area contributed by atoms with Crippen LogP contribution in [0, 0.1) is 17.8 Å². The third-order valence-electron chi connectivity index (χ3n) is 4.32. The summed E-state index contributed by atoms with van der Waals surface area (Å²) in [5.41, 5.74) is 0. The average Bonchev–Trinajstić information content (AvgIpc) is 2.65. The van der Waals surface area contributed by atoms with Gasteiger partial charge in [-0.05, 0) is 37.0 Å². The van der Waals surface area contributed by atoms with Crippen LogP contribution in [0.5, 0.6) is 0 Å². The highest BCUT2D eigenvalue weighted by atomic mass is 31.2. The Bertz CT molecular complexity index is 312. The lowest BCUT2D eigenvalue weighted by atomic mass is 10.1. The summed E-state index contributed by atoms with van der Waals surface area (Å²) in [7, 11) is -4.64. The Morgan fingerprint density at radius 3 is 0.781 bits per heavy atom. The summed E-state index contributed by atoms with van der Waals surface area (Å²) in [4.78, 5) is 21.6. The van der Waals surface area contributed by atoms with E-state index in [-0.39, 0.29) is 0 Å². The molecule has 0 heterocycles. The maximum Gasteiger partial charge on any atom is 0.466 e. The van der Waals surface area contributed by atoms with E-state index in [0.717, 1.165) is 37.0 Å². The first kappa shape index (κ1) is 39.2. The van der Waals surface area contributed by atoms with Crippen LogP contribution in [-0.2, 0) is 4.57 Å². The van der Waals surface area contributed by atoms with Gasteiger partial charge >= 0.3 is 7.82 Å². The maximum absolute atomic E-state index is 8.88. The van der Waals surface area contributed by atoms with E-state index in [1.807, 2.05) is 0 Å². The van der Waals surface area contributed by atoms with Gasteiger partial charge in [0.05, 0.1) is 0 Å². The van der Waals surface area contributed by atoms with E-state index >= 15 is 0 Å². The Morgan fingerprint density at radius 1 is 0.469 bits per heavy atom. The van der Waals surface area contributed by atoms with Crippen LogP contribution in [-0.4, -0.2) is 49.8 Å². The zero-order valence-corrected chi connectivity index (χ0v) is 22.8. The molecule has 0 unspecified atom stereocenters. The summed E-state index contributed by atoms with van der Waals surface area (Å²) < 4.78 is 8.88. The number of hydrogen-bond donors (Lipinski definition) is 6. The molecule has 0 aliphatic rings. The average molecular weight is 489 g/mol. The molecule has 0 fully saturated rings. The van der Waals surface area contributed by atoms with Crippen molar-refractivity contribution in [2.75, 3.05) is 19.8 Å². The molecule has 6 N–H and O–H groups in total. The van der Waals surface area contributed by atoms with E-state index in [2.05, 4.69) is 41.5 Å².